The summed E-state index contributed by atoms with van der Waals surface area (Å²) in [4.78, 5) is 26.1. The molecule has 1 N–H and O–H groups in total. The molecule has 0 saturated carbocycles. The van der Waals surface area contributed by atoms with Crippen molar-refractivity contribution in [1.82, 2.24) is 0 Å². The largest absolute Gasteiger partial charge is 0.503 e. The minimum atomic E-state index is -0.444. The van der Waals surface area contributed by atoms with Crippen LogP contribution in [0.2, 0.25) is 10.0 Å². The number of thioether (sulfide) groups is 1. The Labute approximate surface area is 157 Å². The quantitative estimate of drug-likeness (QED) is 0.744. The lowest BCUT2D eigenvalue weighted by Gasteiger charge is -2.12. The zero-order chi connectivity index (χ0) is 18.1. The molecular weight excluding hydrogens is 385 g/mol. The molecule has 25 heavy (non-hydrogen) atoms. The van der Waals surface area contributed by atoms with Crippen LogP contribution >= 0.6 is 35.0 Å². The lowest BCUT2D eigenvalue weighted by atomic mass is 10.1. The van der Waals surface area contributed by atoms with E-state index < -0.39 is 11.1 Å². The molecule has 5 nitrogen and oxygen atoms in total. The van der Waals surface area contributed by atoms with E-state index in [1.165, 1.54) is 25.3 Å². The van der Waals surface area contributed by atoms with Crippen LogP contribution in [-0.2, 0) is 4.79 Å². The summed E-state index contributed by atoms with van der Waals surface area (Å²) in [6.45, 7) is 0. The van der Waals surface area contributed by atoms with Gasteiger partial charge in [0.25, 0.3) is 11.1 Å². The van der Waals surface area contributed by atoms with E-state index in [0.29, 0.717) is 16.3 Å². The summed E-state index contributed by atoms with van der Waals surface area (Å²) in [6.07, 6.45) is 1.52. The Morgan fingerprint density at radius 3 is 2.48 bits per heavy atom. The monoisotopic (exact) mass is 395 g/mol. The molecule has 0 atom stereocenters. The Morgan fingerprint density at radius 2 is 1.84 bits per heavy atom. The fourth-order valence-electron chi connectivity index (χ4n) is 2.26. The van der Waals surface area contributed by atoms with Gasteiger partial charge in [-0.05, 0) is 59.8 Å². The number of amides is 2. The van der Waals surface area contributed by atoms with Crippen molar-refractivity contribution >= 4 is 57.9 Å². The van der Waals surface area contributed by atoms with Gasteiger partial charge in [-0.1, -0.05) is 23.2 Å². The predicted molar refractivity (Wildman–Crippen MR) is 99.6 cm³/mol. The van der Waals surface area contributed by atoms with Gasteiger partial charge in [-0.15, -0.1) is 0 Å². The van der Waals surface area contributed by atoms with Crippen LogP contribution in [-0.4, -0.2) is 23.4 Å². The van der Waals surface area contributed by atoms with Crippen molar-refractivity contribution in [2.24, 2.45) is 0 Å². The average Bonchev–Trinajstić information content (AvgIpc) is 2.85. The number of ether oxygens (including phenoxy) is 1. The highest BCUT2D eigenvalue weighted by Gasteiger charge is 2.36. The third-order valence-electron chi connectivity index (χ3n) is 3.45. The smallest absolute Gasteiger partial charge is 0.298 e. The molecule has 8 heteroatoms. The highest BCUT2D eigenvalue weighted by Crippen LogP contribution is 2.39. The summed E-state index contributed by atoms with van der Waals surface area (Å²) in [5, 5.41) is 9.96. The summed E-state index contributed by atoms with van der Waals surface area (Å²) >= 11 is 12.6. The molecule has 1 saturated heterocycles. The topological polar surface area (TPSA) is 66.8 Å². The van der Waals surface area contributed by atoms with Crippen molar-refractivity contribution in [2.75, 3.05) is 12.0 Å². The van der Waals surface area contributed by atoms with Crippen molar-refractivity contribution < 1.29 is 19.4 Å². The molecular formula is C17H11Cl2NO4S. The van der Waals surface area contributed by atoms with Crippen LogP contribution in [0.15, 0.2) is 41.3 Å². The molecule has 0 spiro atoms. The Morgan fingerprint density at radius 1 is 1.16 bits per heavy atom. The third kappa shape index (κ3) is 3.46. The number of phenolic OH excluding ortho intramolecular Hbond substituents is 1. The second-order valence-corrected chi connectivity index (χ2v) is 6.88. The lowest BCUT2D eigenvalue weighted by Crippen LogP contribution is -2.27. The Balaban J connectivity index is 1.95. The maximum atomic E-state index is 12.6. The standard InChI is InChI=1S/C17H11Cl2NO4S/c1-24-13-7-9(6-12(19)15(13)21)8-14-16(22)20(17(23)25-14)11-4-2-10(18)3-5-11/h2-8,21H,1H3/b14-8-. The highest BCUT2D eigenvalue weighted by atomic mass is 35.5. The highest BCUT2D eigenvalue weighted by molar-refractivity contribution is 8.19. The van der Waals surface area contributed by atoms with E-state index in [9.17, 15) is 14.7 Å². The minimum absolute atomic E-state index is 0.0857. The zero-order valence-corrected chi connectivity index (χ0v) is 15.2. The number of imide groups is 1. The van der Waals surface area contributed by atoms with E-state index in [4.69, 9.17) is 27.9 Å². The van der Waals surface area contributed by atoms with E-state index in [1.807, 2.05) is 0 Å². The first-order valence-corrected chi connectivity index (χ1v) is 8.58. The van der Waals surface area contributed by atoms with Gasteiger partial charge in [0.1, 0.15) is 0 Å². The summed E-state index contributed by atoms with van der Waals surface area (Å²) in [6, 6.07) is 9.42. The molecule has 2 aromatic carbocycles. The first-order valence-electron chi connectivity index (χ1n) is 7.00. The number of phenols is 1. The van der Waals surface area contributed by atoms with Crippen molar-refractivity contribution in [1.29, 1.82) is 0 Å². The van der Waals surface area contributed by atoms with E-state index >= 15 is 0 Å². The van der Waals surface area contributed by atoms with Crippen LogP contribution in [0.1, 0.15) is 5.56 Å². The molecule has 0 unspecified atom stereocenters. The van der Waals surface area contributed by atoms with E-state index in [2.05, 4.69) is 0 Å². The Kier molecular flexibility index (Phi) is 4.94. The van der Waals surface area contributed by atoms with Gasteiger partial charge < -0.3 is 9.84 Å². The van der Waals surface area contributed by atoms with E-state index in [-0.39, 0.29) is 21.4 Å². The summed E-state index contributed by atoms with van der Waals surface area (Å²) in [5.41, 5.74) is 0.970. The molecule has 1 fully saturated rings. The molecule has 2 aromatic rings. The molecule has 1 aliphatic heterocycles. The van der Waals surface area contributed by atoms with E-state index in [1.54, 1.807) is 24.3 Å². The SMILES string of the molecule is COc1cc(/C=C2\SC(=O)N(c3ccc(Cl)cc3)C2=O)cc(Cl)c1O. The maximum Gasteiger partial charge on any atom is 0.298 e. The molecule has 0 bridgehead atoms. The van der Waals surface area contributed by atoms with Gasteiger partial charge in [-0.2, -0.15) is 0 Å². The first-order chi connectivity index (χ1) is 11.9. The molecule has 2 amide bonds. The van der Waals surface area contributed by atoms with Gasteiger partial charge in [-0.25, -0.2) is 4.90 Å². The number of hydrogen-bond acceptors (Lipinski definition) is 5. The third-order valence-corrected chi connectivity index (χ3v) is 4.86. The van der Waals surface area contributed by atoms with Crippen molar-refractivity contribution in [3.8, 4) is 11.5 Å². The van der Waals surface area contributed by atoms with Gasteiger partial charge in [0, 0.05) is 5.02 Å². The number of hydrogen-bond donors (Lipinski definition) is 1. The average molecular weight is 396 g/mol. The number of halogens is 2. The summed E-state index contributed by atoms with van der Waals surface area (Å²) in [7, 11) is 1.39. The fraction of sp³-hybridized carbons (Fsp3) is 0.0588. The van der Waals surface area contributed by atoms with E-state index in [0.717, 1.165) is 16.7 Å². The van der Waals surface area contributed by atoms with Crippen LogP contribution in [0.4, 0.5) is 10.5 Å². The predicted octanol–water partition coefficient (Wildman–Crippen LogP) is 4.95. The van der Waals surface area contributed by atoms with Crippen molar-refractivity contribution in [3.63, 3.8) is 0 Å². The number of carbonyl (C=O) groups is 2. The normalized spacial score (nSPS) is 16.0. The number of anilines is 1. The number of benzene rings is 2. The second kappa shape index (κ2) is 7.00. The maximum absolute atomic E-state index is 12.6. The minimum Gasteiger partial charge on any atom is -0.503 e. The summed E-state index contributed by atoms with van der Waals surface area (Å²) in [5.74, 6) is -0.452. The first kappa shape index (κ1) is 17.7. The van der Waals surface area contributed by atoms with Crippen LogP contribution in [0.5, 0.6) is 11.5 Å². The summed E-state index contributed by atoms with van der Waals surface area (Å²) < 4.78 is 5.04. The molecule has 0 aromatic heterocycles. The number of carbonyl (C=O) groups excluding carboxylic acids is 2. The molecule has 1 heterocycles. The van der Waals surface area contributed by atoms with Crippen molar-refractivity contribution in [2.45, 2.75) is 0 Å². The Bertz CT molecular complexity index is 896. The van der Waals surface area contributed by atoms with Gasteiger partial charge in [0.15, 0.2) is 11.5 Å². The number of rotatable bonds is 3. The van der Waals surface area contributed by atoms with Gasteiger partial charge in [0.2, 0.25) is 0 Å². The van der Waals surface area contributed by atoms with Gasteiger partial charge in [-0.3, -0.25) is 9.59 Å². The lowest BCUT2D eigenvalue weighted by molar-refractivity contribution is -0.113. The van der Waals surface area contributed by atoms with Crippen LogP contribution in [0.3, 0.4) is 0 Å². The molecule has 0 aliphatic carbocycles. The number of aromatic hydroxyl groups is 1. The second-order valence-electron chi connectivity index (χ2n) is 5.05. The van der Waals surface area contributed by atoms with Gasteiger partial charge in [0.05, 0.1) is 22.7 Å². The number of nitrogens with zero attached hydrogens (tertiary/aromatic N) is 1. The molecule has 0 radical (unpaired) electrons. The molecule has 3 rings (SSSR count). The van der Waals surface area contributed by atoms with Crippen LogP contribution in [0.25, 0.3) is 6.08 Å². The van der Waals surface area contributed by atoms with Crippen LogP contribution in [0, 0.1) is 0 Å². The molecule has 1 aliphatic rings. The fourth-order valence-corrected chi connectivity index (χ4v) is 3.45. The number of methoxy groups -OCH3 is 1. The zero-order valence-electron chi connectivity index (χ0n) is 12.8. The van der Waals surface area contributed by atoms with Crippen molar-refractivity contribution in [3.05, 3.63) is 56.9 Å². The van der Waals surface area contributed by atoms with Gasteiger partial charge >= 0.3 is 0 Å². The van der Waals surface area contributed by atoms with Crippen LogP contribution < -0.4 is 9.64 Å². The molecule has 128 valence electrons. The Hall–Kier alpha value is -2.15.